The highest BCUT2D eigenvalue weighted by molar-refractivity contribution is 7.87. The minimum Gasteiger partial charge on any atom is -0.333 e. The molecule has 8 heteroatoms. The molecular formula is C13H23N3O4S. The monoisotopic (exact) mass is 317 g/mol. The van der Waals surface area contributed by atoms with E-state index < -0.39 is 16.1 Å². The van der Waals surface area contributed by atoms with Crippen molar-refractivity contribution in [1.29, 1.82) is 0 Å². The van der Waals surface area contributed by atoms with Crippen LogP contribution in [0.15, 0.2) is 0 Å². The Morgan fingerprint density at radius 3 is 2.52 bits per heavy atom. The van der Waals surface area contributed by atoms with Gasteiger partial charge >= 0.3 is 10.2 Å². The zero-order valence-electron chi connectivity index (χ0n) is 12.5. The molecule has 2 aliphatic rings. The minimum atomic E-state index is -3.71. The third-order valence-electron chi connectivity index (χ3n) is 4.03. The van der Waals surface area contributed by atoms with E-state index in [1.165, 1.54) is 16.3 Å². The predicted molar refractivity (Wildman–Crippen MR) is 77.5 cm³/mol. The van der Waals surface area contributed by atoms with Crippen LogP contribution in [0.5, 0.6) is 0 Å². The van der Waals surface area contributed by atoms with Crippen molar-refractivity contribution in [3.8, 4) is 0 Å². The van der Waals surface area contributed by atoms with Crippen molar-refractivity contribution in [2.75, 3.05) is 33.2 Å². The lowest BCUT2D eigenvalue weighted by Crippen LogP contribution is -2.53. The van der Waals surface area contributed by atoms with Crippen LogP contribution in [0.1, 0.15) is 38.5 Å². The van der Waals surface area contributed by atoms with Gasteiger partial charge in [-0.3, -0.25) is 9.59 Å². The molecule has 0 spiro atoms. The van der Waals surface area contributed by atoms with Gasteiger partial charge in [0.15, 0.2) is 0 Å². The summed E-state index contributed by atoms with van der Waals surface area (Å²) in [4.78, 5) is 25.8. The lowest BCUT2D eigenvalue weighted by Gasteiger charge is -2.34. The van der Waals surface area contributed by atoms with Crippen molar-refractivity contribution < 1.29 is 18.0 Å². The second-order valence-electron chi connectivity index (χ2n) is 5.63. The Labute approximate surface area is 126 Å². The van der Waals surface area contributed by atoms with Crippen LogP contribution in [0.4, 0.5) is 0 Å². The molecule has 2 saturated heterocycles. The summed E-state index contributed by atoms with van der Waals surface area (Å²) in [5.74, 6) is -0.554. The number of rotatable bonds is 2. The van der Waals surface area contributed by atoms with Gasteiger partial charge in [-0.1, -0.05) is 12.8 Å². The average Bonchev–Trinajstić information content (AvgIpc) is 2.41. The number of carbonyl (C=O) groups is 2. The molecular weight excluding hydrogens is 294 g/mol. The third kappa shape index (κ3) is 3.74. The third-order valence-corrected chi connectivity index (χ3v) is 5.95. The molecule has 120 valence electrons. The highest BCUT2D eigenvalue weighted by Crippen LogP contribution is 2.16. The summed E-state index contributed by atoms with van der Waals surface area (Å²) in [5, 5.41) is 0. The molecule has 0 aromatic rings. The van der Waals surface area contributed by atoms with Crippen LogP contribution in [0.25, 0.3) is 0 Å². The number of likely N-dealkylation sites (tertiary alicyclic amines) is 1. The van der Waals surface area contributed by atoms with Crippen LogP contribution in [0, 0.1) is 0 Å². The minimum absolute atomic E-state index is 0.0502. The van der Waals surface area contributed by atoms with E-state index in [1.54, 1.807) is 0 Å². The Hall–Kier alpha value is -1.15. The lowest BCUT2D eigenvalue weighted by atomic mass is 10.1. The molecule has 0 aromatic carbocycles. The van der Waals surface area contributed by atoms with E-state index in [0.29, 0.717) is 25.9 Å². The van der Waals surface area contributed by atoms with Crippen molar-refractivity contribution >= 4 is 22.0 Å². The van der Waals surface area contributed by atoms with Crippen LogP contribution in [-0.2, 0) is 19.8 Å². The number of carbonyl (C=O) groups excluding carboxylic acids is 2. The average molecular weight is 317 g/mol. The number of hydrogen-bond donors (Lipinski definition) is 0. The van der Waals surface area contributed by atoms with Crippen molar-refractivity contribution in [2.24, 2.45) is 0 Å². The van der Waals surface area contributed by atoms with Gasteiger partial charge in [-0.15, -0.1) is 0 Å². The molecule has 0 aliphatic carbocycles. The zero-order chi connectivity index (χ0) is 15.5. The van der Waals surface area contributed by atoms with E-state index >= 15 is 0 Å². The van der Waals surface area contributed by atoms with Crippen molar-refractivity contribution in [3.63, 3.8) is 0 Å². The predicted octanol–water partition coefficient (Wildman–Crippen LogP) is 0.188. The van der Waals surface area contributed by atoms with E-state index in [9.17, 15) is 18.0 Å². The zero-order valence-corrected chi connectivity index (χ0v) is 13.3. The van der Waals surface area contributed by atoms with Crippen LogP contribution in [-0.4, -0.2) is 67.0 Å². The SMILES string of the molecule is CN1CCCN(C(=O)CN2CCCCCCC2=O)S1(=O)=O. The van der Waals surface area contributed by atoms with Crippen LogP contribution in [0.3, 0.4) is 0 Å². The maximum Gasteiger partial charge on any atom is 0.306 e. The van der Waals surface area contributed by atoms with E-state index in [2.05, 4.69) is 0 Å². The Morgan fingerprint density at radius 1 is 1.05 bits per heavy atom. The fraction of sp³-hybridized carbons (Fsp3) is 0.846. The van der Waals surface area contributed by atoms with E-state index in [0.717, 1.165) is 30.0 Å². The quantitative estimate of drug-likeness (QED) is 0.728. The molecule has 2 amide bonds. The first-order valence-corrected chi connectivity index (χ1v) is 8.87. The van der Waals surface area contributed by atoms with Gasteiger partial charge in [-0.2, -0.15) is 12.7 Å². The molecule has 2 fully saturated rings. The second-order valence-corrected chi connectivity index (χ2v) is 7.59. The summed E-state index contributed by atoms with van der Waals surface area (Å²) in [6.45, 7) is 1.03. The Kier molecular flexibility index (Phi) is 5.21. The highest BCUT2D eigenvalue weighted by atomic mass is 32.2. The van der Waals surface area contributed by atoms with Gasteiger partial charge in [0.25, 0.3) is 5.91 Å². The molecule has 0 bridgehead atoms. The van der Waals surface area contributed by atoms with Crippen LogP contribution >= 0.6 is 0 Å². The van der Waals surface area contributed by atoms with Crippen molar-refractivity contribution in [1.82, 2.24) is 13.5 Å². The largest absolute Gasteiger partial charge is 0.333 e. The van der Waals surface area contributed by atoms with E-state index in [-0.39, 0.29) is 19.0 Å². The Morgan fingerprint density at radius 2 is 1.76 bits per heavy atom. The molecule has 0 aromatic heterocycles. The van der Waals surface area contributed by atoms with Gasteiger partial charge in [0.2, 0.25) is 5.91 Å². The summed E-state index contributed by atoms with van der Waals surface area (Å²) in [6.07, 6.45) is 4.86. The van der Waals surface area contributed by atoms with Crippen molar-refractivity contribution in [2.45, 2.75) is 38.5 Å². The van der Waals surface area contributed by atoms with Crippen LogP contribution in [0.2, 0.25) is 0 Å². The molecule has 2 rings (SSSR count). The van der Waals surface area contributed by atoms with Crippen LogP contribution < -0.4 is 0 Å². The highest BCUT2D eigenvalue weighted by Gasteiger charge is 2.35. The second kappa shape index (κ2) is 6.74. The van der Waals surface area contributed by atoms with Gasteiger partial charge in [0.1, 0.15) is 6.54 Å². The van der Waals surface area contributed by atoms with E-state index in [4.69, 9.17) is 0 Å². The first kappa shape index (κ1) is 16.2. The molecule has 7 nitrogen and oxygen atoms in total. The maximum absolute atomic E-state index is 12.3. The maximum atomic E-state index is 12.3. The first-order chi connectivity index (χ1) is 9.93. The van der Waals surface area contributed by atoms with Gasteiger partial charge < -0.3 is 4.90 Å². The van der Waals surface area contributed by atoms with Crippen molar-refractivity contribution in [3.05, 3.63) is 0 Å². The molecule has 0 radical (unpaired) electrons. The number of amides is 2. The fourth-order valence-electron chi connectivity index (χ4n) is 2.71. The van der Waals surface area contributed by atoms with Gasteiger partial charge in [-0.25, -0.2) is 4.31 Å². The molecule has 0 atom stereocenters. The molecule has 2 heterocycles. The molecule has 0 unspecified atom stereocenters. The lowest BCUT2D eigenvalue weighted by molar-refractivity contribution is -0.138. The summed E-state index contributed by atoms with van der Waals surface area (Å²) in [7, 11) is -2.24. The molecule has 0 N–H and O–H groups in total. The smallest absolute Gasteiger partial charge is 0.306 e. The number of hydrogen-bond acceptors (Lipinski definition) is 4. The summed E-state index contributed by atoms with van der Waals surface area (Å²) < 4.78 is 26.3. The van der Waals surface area contributed by atoms with Gasteiger partial charge in [-0.05, 0) is 19.3 Å². The van der Waals surface area contributed by atoms with Gasteiger partial charge in [0, 0.05) is 33.1 Å². The van der Waals surface area contributed by atoms with Gasteiger partial charge in [0.05, 0.1) is 0 Å². The standard InChI is InChI=1S/C13H23N3O4S/c1-14-8-6-10-16(21(14,19)20)13(18)11-15-9-5-3-2-4-7-12(15)17/h2-11H2,1H3. The topological polar surface area (TPSA) is 78.0 Å². The Balaban J connectivity index is 2.04. The Bertz CT molecular complexity index is 506. The first-order valence-electron chi connectivity index (χ1n) is 7.47. The normalized spacial score (nSPS) is 24.5. The fourth-order valence-corrected chi connectivity index (χ4v) is 4.09. The summed E-state index contributed by atoms with van der Waals surface area (Å²) >= 11 is 0. The molecule has 2 aliphatic heterocycles. The molecule has 21 heavy (non-hydrogen) atoms. The molecule has 0 saturated carbocycles. The number of nitrogens with zero attached hydrogens (tertiary/aromatic N) is 3. The van der Waals surface area contributed by atoms with E-state index in [1.807, 2.05) is 0 Å². The summed E-state index contributed by atoms with van der Waals surface area (Å²) in [5.41, 5.74) is 0. The summed E-state index contributed by atoms with van der Waals surface area (Å²) in [6, 6.07) is 0.